The quantitative estimate of drug-likeness (QED) is 0.611. The van der Waals surface area contributed by atoms with Crippen LogP contribution in [0.3, 0.4) is 0 Å². The number of carbonyl (C=O) groups excluding carboxylic acids is 1. The van der Waals surface area contributed by atoms with Crippen LogP contribution in [0.25, 0.3) is 0 Å². The number of nitrogens with zero attached hydrogens (tertiary/aromatic N) is 3. The summed E-state index contributed by atoms with van der Waals surface area (Å²) in [4.78, 5) is 15.2. The van der Waals surface area contributed by atoms with Gasteiger partial charge in [0.05, 0.1) is 19.1 Å². The molecule has 0 radical (unpaired) electrons. The number of rotatable bonds is 7. The zero-order chi connectivity index (χ0) is 20.9. The fourth-order valence-corrected chi connectivity index (χ4v) is 6.50. The Labute approximate surface area is 176 Å². The highest BCUT2D eigenvalue weighted by Crippen LogP contribution is 2.23. The maximum atomic E-state index is 12.9. The molecule has 0 aromatic rings. The smallest absolute Gasteiger partial charge is 0.282 e. The Morgan fingerprint density at radius 3 is 2.38 bits per heavy atom. The molecule has 3 aliphatic rings. The van der Waals surface area contributed by atoms with Gasteiger partial charge in [0.1, 0.15) is 0 Å². The average Bonchev–Trinajstić information content (AvgIpc) is 2.73. The van der Waals surface area contributed by atoms with Crippen molar-refractivity contribution in [2.75, 3.05) is 52.5 Å². The second kappa shape index (κ2) is 10.5. The van der Waals surface area contributed by atoms with Gasteiger partial charge in [0.2, 0.25) is 5.91 Å². The summed E-state index contributed by atoms with van der Waals surface area (Å²) in [5, 5.41) is 3.05. The van der Waals surface area contributed by atoms with E-state index in [1.54, 1.807) is 0 Å². The van der Waals surface area contributed by atoms with Crippen LogP contribution >= 0.6 is 0 Å². The first-order valence-electron chi connectivity index (χ1n) is 11.3. The van der Waals surface area contributed by atoms with Crippen molar-refractivity contribution in [2.45, 2.75) is 64.5 Å². The molecule has 3 rings (SSSR count). The van der Waals surface area contributed by atoms with Crippen molar-refractivity contribution in [3.63, 3.8) is 0 Å². The summed E-state index contributed by atoms with van der Waals surface area (Å²) in [6.07, 6.45) is 6.23. The Morgan fingerprint density at radius 2 is 1.69 bits per heavy atom. The van der Waals surface area contributed by atoms with Gasteiger partial charge in [-0.25, -0.2) is 0 Å². The summed E-state index contributed by atoms with van der Waals surface area (Å²) in [5.74, 6) is -0.265. The van der Waals surface area contributed by atoms with Gasteiger partial charge in [-0.15, -0.1) is 0 Å². The number of morpholine rings is 1. The average molecular weight is 431 g/mol. The lowest BCUT2D eigenvalue weighted by molar-refractivity contribution is -0.126. The lowest BCUT2D eigenvalue weighted by atomic mass is 9.97. The zero-order valence-corrected chi connectivity index (χ0v) is 18.8. The van der Waals surface area contributed by atoms with Gasteiger partial charge in [-0.05, 0) is 46.0 Å². The van der Waals surface area contributed by atoms with Crippen LogP contribution in [0.4, 0.5) is 0 Å². The highest BCUT2D eigenvalue weighted by molar-refractivity contribution is 7.86. The van der Waals surface area contributed by atoms with E-state index in [2.05, 4.69) is 24.1 Å². The van der Waals surface area contributed by atoms with E-state index in [9.17, 15) is 13.2 Å². The Morgan fingerprint density at radius 1 is 1.00 bits per heavy atom. The summed E-state index contributed by atoms with van der Waals surface area (Å²) in [6.45, 7) is 8.67. The van der Waals surface area contributed by atoms with Gasteiger partial charge in [-0.1, -0.05) is 6.42 Å². The molecule has 9 heteroatoms. The van der Waals surface area contributed by atoms with Gasteiger partial charge in [0.15, 0.2) is 0 Å². The number of hydrogen-bond acceptors (Lipinski definition) is 5. The molecule has 0 bridgehead atoms. The predicted molar refractivity (Wildman–Crippen MR) is 113 cm³/mol. The van der Waals surface area contributed by atoms with E-state index in [-0.39, 0.29) is 18.4 Å². The molecule has 1 amide bonds. The number of likely N-dealkylation sites (tertiary alicyclic amines) is 1. The van der Waals surface area contributed by atoms with E-state index in [1.165, 1.54) is 27.9 Å². The predicted octanol–water partition coefficient (Wildman–Crippen LogP) is 1.04. The molecular formula is C20H38N4O4S. The minimum Gasteiger partial charge on any atom is -0.379 e. The Hall–Kier alpha value is -0.740. The molecule has 0 spiro atoms. The van der Waals surface area contributed by atoms with Gasteiger partial charge in [0, 0.05) is 51.4 Å². The fraction of sp³-hybridized carbons (Fsp3) is 0.950. The first-order chi connectivity index (χ1) is 13.9. The number of amides is 1. The fourth-order valence-electron chi connectivity index (χ4n) is 4.84. The summed E-state index contributed by atoms with van der Waals surface area (Å²) in [6, 6.07) is 1.23. The molecule has 0 saturated carbocycles. The Kier molecular flexibility index (Phi) is 8.32. The van der Waals surface area contributed by atoms with Crippen molar-refractivity contribution in [3.05, 3.63) is 0 Å². The number of carbonyl (C=O) groups is 1. The molecule has 0 unspecified atom stereocenters. The molecule has 3 heterocycles. The molecule has 0 aromatic carbocycles. The third-order valence-corrected chi connectivity index (χ3v) is 8.65. The summed E-state index contributed by atoms with van der Waals surface area (Å²) in [7, 11) is -3.50. The Bertz CT molecular complexity index is 628. The molecule has 0 aromatic heterocycles. The van der Waals surface area contributed by atoms with Crippen LogP contribution in [-0.2, 0) is 19.7 Å². The van der Waals surface area contributed by atoms with Crippen molar-refractivity contribution in [2.24, 2.45) is 5.92 Å². The topological polar surface area (TPSA) is 82.2 Å². The summed E-state index contributed by atoms with van der Waals surface area (Å²) >= 11 is 0. The maximum Gasteiger partial charge on any atom is 0.282 e. The molecule has 3 atom stereocenters. The number of piperidine rings is 2. The van der Waals surface area contributed by atoms with E-state index in [0.717, 1.165) is 25.8 Å². The van der Waals surface area contributed by atoms with Crippen LogP contribution < -0.4 is 5.32 Å². The molecule has 3 fully saturated rings. The van der Waals surface area contributed by atoms with Crippen molar-refractivity contribution in [1.82, 2.24) is 18.8 Å². The van der Waals surface area contributed by atoms with Crippen LogP contribution in [0, 0.1) is 5.92 Å². The first-order valence-corrected chi connectivity index (χ1v) is 12.7. The van der Waals surface area contributed by atoms with Crippen molar-refractivity contribution < 1.29 is 17.9 Å². The molecule has 168 valence electrons. The lowest BCUT2D eigenvalue weighted by Gasteiger charge is -2.39. The number of hydrogen-bond donors (Lipinski definition) is 1. The van der Waals surface area contributed by atoms with Crippen LogP contribution in [-0.4, -0.2) is 92.4 Å². The van der Waals surface area contributed by atoms with E-state index in [4.69, 9.17) is 4.74 Å². The van der Waals surface area contributed by atoms with Crippen molar-refractivity contribution >= 4 is 16.1 Å². The summed E-state index contributed by atoms with van der Waals surface area (Å²) in [5.41, 5.74) is 0. The van der Waals surface area contributed by atoms with Crippen LogP contribution in [0.1, 0.15) is 52.4 Å². The minimum atomic E-state index is -3.50. The highest BCUT2D eigenvalue weighted by Gasteiger charge is 2.36. The SMILES string of the molecule is C[C@@H]1CCC[C@@H](C)N1CCCNC(=O)[C@@H]1CCCN(S(=O)(=O)N2CCOCC2)C1. The monoisotopic (exact) mass is 430 g/mol. The zero-order valence-electron chi connectivity index (χ0n) is 18.0. The largest absolute Gasteiger partial charge is 0.379 e. The van der Waals surface area contributed by atoms with Gasteiger partial charge < -0.3 is 10.1 Å². The molecule has 8 nitrogen and oxygen atoms in total. The van der Waals surface area contributed by atoms with Crippen LogP contribution in [0.2, 0.25) is 0 Å². The van der Waals surface area contributed by atoms with Gasteiger partial charge in [-0.3, -0.25) is 9.69 Å². The van der Waals surface area contributed by atoms with Crippen molar-refractivity contribution in [3.8, 4) is 0 Å². The van der Waals surface area contributed by atoms with E-state index < -0.39 is 10.2 Å². The summed E-state index contributed by atoms with van der Waals surface area (Å²) < 4.78 is 34.0. The van der Waals surface area contributed by atoms with Crippen molar-refractivity contribution in [1.29, 1.82) is 0 Å². The van der Waals surface area contributed by atoms with Crippen LogP contribution in [0.15, 0.2) is 0 Å². The molecular weight excluding hydrogens is 392 g/mol. The third-order valence-electron chi connectivity index (χ3n) is 6.65. The van der Waals surface area contributed by atoms with Gasteiger partial charge in [0.25, 0.3) is 10.2 Å². The Balaban J connectivity index is 1.43. The highest BCUT2D eigenvalue weighted by atomic mass is 32.2. The normalized spacial score (nSPS) is 30.9. The second-order valence-electron chi connectivity index (χ2n) is 8.73. The number of ether oxygens (including phenoxy) is 1. The second-order valence-corrected chi connectivity index (χ2v) is 10.7. The number of nitrogens with one attached hydrogen (secondary N) is 1. The van der Waals surface area contributed by atoms with Crippen LogP contribution in [0.5, 0.6) is 0 Å². The van der Waals surface area contributed by atoms with E-state index in [1.807, 2.05) is 0 Å². The maximum absolute atomic E-state index is 12.9. The lowest BCUT2D eigenvalue weighted by Crippen LogP contribution is -2.53. The molecule has 1 N–H and O–H groups in total. The molecule has 3 aliphatic heterocycles. The molecule has 3 saturated heterocycles. The van der Waals surface area contributed by atoms with Gasteiger partial charge in [-0.2, -0.15) is 17.0 Å². The standard InChI is InChI=1S/C20H38N4O4S/c1-17-6-3-7-18(2)24(17)11-5-9-21-20(25)19-8-4-10-23(16-19)29(26,27)22-12-14-28-15-13-22/h17-19H,3-16H2,1-2H3,(H,21,25)/t17-,18-,19-/m1/s1. The molecule has 0 aliphatic carbocycles. The van der Waals surface area contributed by atoms with E-state index in [0.29, 0.717) is 51.5 Å². The third kappa shape index (κ3) is 5.91. The first kappa shape index (κ1) is 22.9. The molecule has 29 heavy (non-hydrogen) atoms. The van der Waals surface area contributed by atoms with Gasteiger partial charge >= 0.3 is 0 Å². The van der Waals surface area contributed by atoms with E-state index >= 15 is 0 Å². The minimum absolute atomic E-state index is 0.00776.